The van der Waals surface area contributed by atoms with Gasteiger partial charge in [-0.2, -0.15) is 0 Å². The molecule has 2 atom stereocenters. The number of nitrogens with one attached hydrogen (secondary N) is 2. The number of aliphatic hydroxyl groups is 1. The molecule has 2 unspecified atom stereocenters. The van der Waals surface area contributed by atoms with Gasteiger partial charge < -0.3 is 20.5 Å². The molecular weight excluding hydrogens is 268 g/mol. The molecule has 0 spiro atoms. The molecule has 0 radical (unpaired) electrons. The van der Waals surface area contributed by atoms with Crippen LogP contribution in [0.15, 0.2) is 24.3 Å². The Labute approximate surface area is 126 Å². The minimum atomic E-state index is -0.356. The molecule has 118 valence electrons. The molecule has 0 saturated carbocycles. The second-order valence-corrected chi connectivity index (χ2v) is 4.98. The molecule has 0 aliphatic heterocycles. The van der Waals surface area contributed by atoms with Crippen LogP contribution >= 0.6 is 0 Å². The van der Waals surface area contributed by atoms with Crippen molar-refractivity contribution in [2.24, 2.45) is 0 Å². The minimum Gasteiger partial charge on any atom is -0.494 e. The van der Waals surface area contributed by atoms with Gasteiger partial charge in [0.2, 0.25) is 0 Å². The maximum absolute atomic E-state index is 11.8. The summed E-state index contributed by atoms with van der Waals surface area (Å²) in [6.45, 7) is 6.86. The maximum Gasteiger partial charge on any atom is 0.315 e. The number of carbonyl (C=O) groups is 1. The van der Waals surface area contributed by atoms with E-state index in [1.54, 1.807) is 0 Å². The number of benzene rings is 1. The Morgan fingerprint density at radius 3 is 2.81 bits per heavy atom. The van der Waals surface area contributed by atoms with Gasteiger partial charge in [-0.15, -0.1) is 0 Å². The van der Waals surface area contributed by atoms with Crippen LogP contribution in [0, 0.1) is 0 Å². The summed E-state index contributed by atoms with van der Waals surface area (Å²) in [4.78, 5) is 11.8. The Balaban J connectivity index is 2.43. The van der Waals surface area contributed by atoms with Crippen LogP contribution in [0.25, 0.3) is 0 Å². The highest BCUT2D eigenvalue weighted by Gasteiger charge is 2.10. The molecule has 3 N–H and O–H groups in total. The molecule has 0 aliphatic carbocycles. The molecule has 0 fully saturated rings. The summed E-state index contributed by atoms with van der Waals surface area (Å²) in [5, 5.41) is 15.0. The standard InChI is InChI=1S/C16H26N2O3/c1-4-14(19)9-10-17-16(20)18-12(3)13-7-6-8-15(11-13)21-5-2/h6-8,11-12,14,19H,4-5,9-10H2,1-3H3,(H2,17,18,20). The SMILES string of the molecule is CCOc1cccc(C(C)NC(=O)NCCC(O)CC)c1. The van der Waals surface area contributed by atoms with Gasteiger partial charge in [-0.1, -0.05) is 19.1 Å². The zero-order chi connectivity index (χ0) is 15.7. The van der Waals surface area contributed by atoms with E-state index >= 15 is 0 Å². The Morgan fingerprint density at radius 2 is 2.14 bits per heavy atom. The van der Waals surface area contributed by atoms with Crippen molar-refractivity contribution in [1.29, 1.82) is 0 Å². The third kappa shape index (κ3) is 6.49. The predicted octanol–water partition coefficient (Wildman–Crippen LogP) is 2.61. The largest absolute Gasteiger partial charge is 0.494 e. The average molecular weight is 294 g/mol. The van der Waals surface area contributed by atoms with Gasteiger partial charge in [-0.3, -0.25) is 0 Å². The fourth-order valence-corrected chi connectivity index (χ4v) is 1.93. The molecule has 5 nitrogen and oxygen atoms in total. The Hall–Kier alpha value is -1.75. The summed E-state index contributed by atoms with van der Waals surface area (Å²) in [5.41, 5.74) is 0.990. The van der Waals surface area contributed by atoms with E-state index in [4.69, 9.17) is 4.74 Å². The van der Waals surface area contributed by atoms with Crippen LogP contribution in [0.1, 0.15) is 45.2 Å². The summed E-state index contributed by atoms with van der Waals surface area (Å²) >= 11 is 0. The number of carbonyl (C=O) groups excluding carboxylic acids is 1. The summed E-state index contributed by atoms with van der Waals surface area (Å²) in [7, 11) is 0. The lowest BCUT2D eigenvalue weighted by atomic mass is 10.1. The summed E-state index contributed by atoms with van der Waals surface area (Å²) < 4.78 is 5.45. The molecule has 0 bridgehead atoms. The Morgan fingerprint density at radius 1 is 1.38 bits per heavy atom. The third-order valence-corrected chi connectivity index (χ3v) is 3.25. The quantitative estimate of drug-likeness (QED) is 0.690. The molecule has 0 aromatic heterocycles. The van der Waals surface area contributed by atoms with E-state index in [0.29, 0.717) is 26.0 Å². The first-order valence-corrected chi connectivity index (χ1v) is 7.52. The molecule has 0 aliphatic rings. The van der Waals surface area contributed by atoms with Crippen molar-refractivity contribution in [3.63, 3.8) is 0 Å². The predicted molar refractivity (Wildman–Crippen MR) is 83.5 cm³/mol. The summed E-state index contributed by atoms with van der Waals surface area (Å²) in [6.07, 6.45) is 0.910. The molecule has 21 heavy (non-hydrogen) atoms. The Kier molecular flexibility index (Phi) is 7.61. The molecule has 5 heteroatoms. The highest BCUT2D eigenvalue weighted by atomic mass is 16.5. The van der Waals surface area contributed by atoms with Crippen LogP contribution in [-0.2, 0) is 0 Å². The first-order valence-electron chi connectivity index (χ1n) is 7.52. The second kappa shape index (κ2) is 9.23. The molecule has 0 saturated heterocycles. The van der Waals surface area contributed by atoms with Gasteiger partial charge in [-0.25, -0.2) is 4.79 Å². The first kappa shape index (κ1) is 17.3. The highest BCUT2D eigenvalue weighted by Crippen LogP contribution is 2.18. The molecule has 0 heterocycles. The van der Waals surface area contributed by atoms with E-state index in [0.717, 1.165) is 11.3 Å². The summed E-state index contributed by atoms with van der Waals surface area (Å²) in [5.74, 6) is 0.801. The highest BCUT2D eigenvalue weighted by molar-refractivity contribution is 5.74. The van der Waals surface area contributed by atoms with Gasteiger partial charge in [0.05, 0.1) is 18.8 Å². The minimum absolute atomic E-state index is 0.110. The number of rotatable bonds is 8. The summed E-state index contributed by atoms with van der Waals surface area (Å²) in [6, 6.07) is 7.35. The topological polar surface area (TPSA) is 70.6 Å². The number of hydrogen-bond acceptors (Lipinski definition) is 3. The monoisotopic (exact) mass is 294 g/mol. The van der Waals surface area contributed by atoms with E-state index < -0.39 is 0 Å². The number of amides is 2. The Bertz CT molecular complexity index is 437. The van der Waals surface area contributed by atoms with Crippen molar-refractivity contribution < 1.29 is 14.6 Å². The van der Waals surface area contributed by atoms with Gasteiger partial charge in [0.1, 0.15) is 5.75 Å². The fraction of sp³-hybridized carbons (Fsp3) is 0.562. The van der Waals surface area contributed by atoms with Crippen molar-refractivity contribution >= 4 is 6.03 Å². The van der Waals surface area contributed by atoms with Crippen LogP contribution in [-0.4, -0.2) is 30.4 Å². The zero-order valence-corrected chi connectivity index (χ0v) is 13.1. The fourth-order valence-electron chi connectivity index (χ4n) is 1.93. The van der Waals surface area contributed by atoms with Crippen molar-refractivity contribution in [2.45, 2.75) is 45.8 Å². The lowest BCUT2D eigenvalue weighted by Crippen LogP contribution is -2.38. The van der Waals surface area contributed by atoms with E-state index in [1.807, 2.05) is 45.0 Å². The number of urea groups is 1. The van der Waals surface area contributed by atoms with Gasteiger partial charge in [0.15, 0.2) is 0 Å². The lowest BCUT2D eigenvalue weighted by Gasteiger charge is -2.16. The van der Waals surface area contributed by atoms with E-state index in [1.165, 1.54) is 0 Å². The number of ether oxygens (including phenoxy) is 1. The number of hydrogen-bond donors (Lipinski definition) is 3. The molecule has 1 aromatic carbocycles. The molecule has 2 amide bonds. The zero-order valence-electron chi connectivity index (χ0n) is 13.1. The average Bonchev–Trinajstić information content (AvgIpc) is 2.47. The third-order valence-electron chi connectivity index (χ3n) is 3.25. The van der Waals surface area contributed by atoms with E-state index in [-0.39, 0.29) is 18.2 Å². The molecule has 1 aromatic rings. The van der Waals surface area contributed by atoms with Crippen molar-refractivity contribution in [3.05, 3.63) is 29.8 Å². The van der Waals surface area contributed by atoms with E-state index in [9.17, 15) is 9.90 Å². The van der Waals surface area contributed by atoms with Gasteiger partial charge in [0.25, 0.3) is 0 Å². The first-order chi connectivity index (χ1) is 10.1. The van der Waals surface area contributed by atoms with Crippen LogP contribution in [0.3, 0.4) is 0 Å². The number of aliphatic hydroxyl groups excluding tert-OH is 1. The van der Waals surface area contributed by atoms with Crippen LogP contribution in [0.2, 0.25) is 0 Å². The van der Waals surface area contributed by atoms with E-state index in [2.05, 4.69) is 10.6 Å². The van der Waals surface area contributed by atoms with Gasteiger partial charge in [-0.05, 0) is 44.4 Å². The smallest absolute Gasteiger partial charge is 0.315 e. The maximum atomic E-state index is 11.8. The van der Waals surface area contributed by atoms with Gasteiger partial charge >= 0.3 is 6.03 Å². The molecular formula is C16H26N2O3. The van der Waals surface area contributed by atoms with Crippen molar-refractivity contribution in [2.75, 3.05) is 13.2 Å². The van der Waals surface area contributed by atoms with Crippen LogP contribution in [0.4, 0.5) is 4.79 Å². The molecule has 1 rings (SSSR count). The van der Waals surface area contributed by atoms with Crippen molar-refractivity contribution in [3.8, 4) is 5.75 Å². The van der Waals surface area contributed by atoms with Crippen LogP contribution < -0.4 is 15.4 Å². The lowest BCUT2D eigenvalue weighted by molar-refractivity contribution is 0.160. The van der Waals surface area contributed by atoms with Crippen molar-refractivity contribution in [1.82, 2.24) is 10.6 Å². The van der Waals surface area contributed by atoms with Crippen LogP contribution in [0.5, 0.6) is 5.75 Å². The van der Waals surface area contributed by atoms with Gasteiger partial charge in [0, 0.05) is 6.54 Å². The normalized spacial score (nSPS) is 13.3. The second-order valence-electron chi connectivity index (χ2n) is 4.98.